The van der Waals surface area contributed by atoms with Gasteiger partial charge in [0.25, 0.3) is 0 Å². The molecule has 3 rings (SSSR count). The van der Waals surface area contributed by atoms with E-state index in [4.69, 9.17) is 14.2 Å². The zero-order chi connectivity index (χ0) is 18.4. The minimum atomic E-state index is -0.456. The molecule has 136 valence electrons. The van der Waals surface area contributed by atoms with Crippen LogP contribution in [-0.4, -0.2) is 31.2 Å². The Labute approximate surface area is 152 Å². The molecule has 6 heteroatoms. The number of carbonyl (C=O) groups excluding carboxylic acids is 2. The number of hydrogen-bond donors (Lipinski definition) is 1. The van der Waals surface area contributed by atoms with E-state index < -0.39 is 5.97 Å². The highest BCUT2D eigenvalue weighted by Crippen LogP contribution is 2.19. The summed E-state index contributed by atoms with van der Waals surface area (Å²) < 4.78 is 16.5. The van der Waals surface area contributed by atoms with Crippen LogP contribution in [0.1, 0.15) is 30.1 Å². The Morgan fingerprint density at radius 2 is 1.77 bits per heavy atom. The fraction of sp³-hybridized carbons (Fsp3) is 0.300. The lowest BCUT2D eigenvalue weighted by Crippen LogP contribution is -2.16. The molecule has 0 spiro atoms. The number of rotatable bonds is 6. The van der Waals surface area contributed by atoms with Gasteiger partial charge in [0.05, 0.1) is 11.7 Å². The molecular weight excluding hydrogens is 334 g/mol. The van der Waals surface area contributed by atoms with Crippen LogP contribution in [0.5, 0.6) is 11.5 Å². The number of anilines is 1. The Bertz CT molecular complexity index is 749. The summed E-state index contributed by atoms with van der Waals surface area (Å²) in [5, 5.41) is 2.65. The second kappa shape index (κ2) is 8.49. The molecule has 1 atom stereocenters. The minimum absolute atomic E-state index is 0.153. The molecule has 2 aromatic rings. The highest BCUT2D eigenvalue weighted by molar-refractivity contribution is 5.91. The predicted octanol–water partition coefficient (Wildman–Crippen LogP) is 3.42. The number of esters is 1. The largest absolute Gasteiger partial charge is 0.491 e. The molecule has 0 aliphatic carbocycles. The van der Waals surface area contributed by atoms with E-state index in [-0.39, 0.29) is 12.0 Å². The molecule has 0 aromatic heterocycles. The molecule has 26 heavy (non-hydrogen) atoms. The fourth-order valence-corrected chi connectivity index (χ4v) is 2.63. The molecule has 1 heterocycles. The zero-order valence-corrected chi connectivity index (χ0v) is 14.6. The Balaban J connectivity index is 1.53. The molecule has 0 unspecified atom stereocenters. The number of hydrogen-bond acceptors (Lipinski definition) is 5. The van der Waals surface area contributed by atoms with Gasteiger partial charge in [0.15, 0.2) is 0 Å². The standard InChI is InChI=1S/C20H21NO5/c1-14(22)21-16-6-10-18(11-7-16)26-20(23)15-4-8-17(9-5-15)25-13-19-3-2-12-24-19/h4-11,19H,2-3,12-13H2,1H3,(H,21,22)/t19-/m1/s1. The monoisotopic (exact) mass is 355 g/mol. The highest BCUT2D eigenvalue weighted by atomic mass is 16.5. The number of ether oxygens (including phenoxy) is 3. The van der Waals surface area contributed by atoms with Crippen molar-refractivity contribution in [2.45, 2.75) is 25.9 Å². The summed E-state index contributed by atoms with van der Waals surface area (Å²) >= 11 is 0. The second-order valence-electron chi connectivity index (χ2n) is 6.07. The van der Waals surface area contributed by atoms with Gasteiger partial charge in [-0.2, -0.15) is 0 Å². The van der Waals surface area contributed by atoms with Crippen LogP contribution in [0.3, 0.4) is 0 Å². The van der Waals surface area contributed by atoms with E-state index >= 15 is 0 Å². The van der Waals surface area contributed by atoms with Crippen LogP contribution in [0.4, 0.5) is 5.69 Å². The molecule has 0 radical (unpaired) electrons. The molecule has 1 fully saturated rings. The van der Waals surface area contributed by atoms with Gasteiger partial charge in [0.2, 0.25) is 5.91 Å². The molecule has 6 nitrogen and oxygen atoms in total. The van der Waals surface area contributed by atoms with Gasteiger partial charge in [0, 0.05) is 19.2 Å². The summed E-state index contributed by atoms with van der Waals surface area (Å²) in [6.45, 7) is 2.75. The minimum Gasteiger partial charge on any atom is -0.491 e. The molecule has 0 bridgehead atoms. The summed E-state index contributed by atoms with van der Waals surface area (Å²) in [5.74, 6) is 0.485. The van der Waals surface area contributed by atoms with Gasteiger partial charge in [-0.1, -0.05) is 0 Å². The third-order valence-corrected chi connectivity index (χ3v) is 3.94. The van der Waals surface area contributed by atoms with Crippen molar-refractivity contribution in [2.24, 2.45) is 0 Å². The maximum atomic E-state index is 12.2. The lowest BCUT2D eigenvalue weighted by atomic mass is 10.2. The van der Waals surface area contributed by atoms with Crippen LogP contribution in [0.2, 0.25) is 0 Å². The van der Waals surface area contributed by atoms with E-state index in [0.29, 0.717) is 29.4 Å². The third kappa shape index (κ3) is 5.07. The van der Waals surface area contributed by atoms with Crippen molar-refractivity contribution in [1.82, 2.24) is 0 Å². The van der Waals surface area contributed by atoms with Crippen molar-refractivity contribution in [3.63, 3.8) is 0 Å². The first-order valence-electron chi connectivity index (χ1n) is 8.54. The fourth-order valence-electron chi connectivity index (χ4n) is 2.63. The van der Waals surface area contributed by atoms with Gasteiger partial charge in [-0.05, 0) is 61.4 Å². The molecule has 1 aliphatic rings. The lowest BCUT2D eigenvalue weighted by molar-refractivity contribution is -0.114. The van der Waals surface area contributed by atoms with Gasteiger partial charge in [0.1, 0.15) is 18.1 Å². The summed E-state index contributed by atoms with van der Waals surface area (Å²) in [6, 6.07) is 13.4. The third-order valence-electron chi connectivity index (χ3n) is 3.94. The molecular formula is C20H21NO5. The van der Waals surface area contributed by atoms with Crippen molar-refractivity contribution in [3.05, 3.63) is 54.1 Å². The van der Waals surface area contributed by atoms with Crippen LogP contribution in [0.25, 0.3) is 0 Å². The SMILES string of the molecule is CC(=O)Nc1ccc(OC(=O)c2ccc(OC[C@H]3CCCO3)cc2)cc1. The van der Waals surface area contributed by atoms with Gasteiger partial charge in [-0.25, -0.2) is 4.79 Å². The van der Waals surface area contributed by atoms with Crippen molar-refractivity contribution >= 4 is 17.6 Å². The van der Waals surface area contributed by atoms with E-state index in [0.717, 1.165) is 19.4 Å². The molecule has 1 N–H and O–H groups in total. The first-order chi connectivity index (χ1) is 12.6. The van der Waals surface area contributed by atoms with Crippen LogP contribution in [0, 0.1) is 0 Å². The number of nitrogens with one attached hydrogen (secondary N) is 1. The van der Waals surface area contributed by atoms with E-state index in [2.05, 4.69) is 5.32 Å². The first-order valence-corrected chi connectivity index (χ1v) is 8.54. The van der Waals surface area contributed by atoms with Crippen molar-refractivity contribution < 1.29 is 23.8 Å². The zero-order valence-electron chi connectivity index (χ0n) is 14.6. The quantitative estimate of drug-likeness (QED) is 0.635. The number of amides is 1. The van der Waals surface area contributed by atoms with Crippen LogP contribution >= 0.6 is 0 Å². The highest BCUT2D eigenvalue weighted by Gasteiger charge is 2.16. The van der Waals surface area contributed by atoms with E-state index in [9.17, 15) is 9.59 Å². The number of carbonyl (C=O) groups is 2. The van der Waals surface area contributed by atoms with Crippen LogP contribution < -0.4 is 14.8 Å². The molecule has 1 amide bonds. The van der Waals surface area contributed by atoms with E-state index in [1.165, 1.54) is 6.92 Å². The maximum Gasteiger partial charge on any atom is 0.343 e. The summed E-state index contributed by atoms with van der Waals surface area (Å²) in [7, 11) is 0. The Morgan fingerprint density at radius 1 is 1.08 bits per heavy atom. The van der Waals surface area contributed by atoms with Crippen LogP contribution in [0.15, 0.2) is 48.5 Å². The van der Waals surface area contributed by atoms with E-state index in [1.807, 2.05) is 0 Å². The summed E-state index contributed by atoms with van der Waals surface area (Å²) in [6.07, 6.45) is 2.25. The maximum absolute atomic E-state index is 12.2. The second-order valence-corrected chi connectivity index (χ2v) is 6.07. The smallest absolute Gasteiger partial charge is 0.343 e. The average molecular weight is 355 g/mol. The lowest BCUT2D eigenvalue weighted by Gasteiger charge is -2.11. The Kier molecular flexibility index (Phi) is 5.86. The average Bonchev–Trinajstić information content (AvgIpc) is 3.15. The van der Waals surface area contributed by atoms with Crippen molar-refractivity contribution in [1.29, 1.82) is 0 Å². The number of benzene rings is 2. The summed E-state index contributed by atoms with van der Waals surface area (Å²) in [4.78, 5) is 23.2. The van der Waals surface area contributed by atoms with Crippen molar-refractivity contribution in [2.75, 3.05) is 18.5 Å². The van der Waals surface area contributed by atoms with Gasteiger partial charge < -0.3 is 19.5 Å². The molecule has 1 aliphatic heterocycles. The normalized spacial score (nSPS) is 16.1. The molecule has 2 aromatic carbocycles. The van der Waals surface area contributed by atoms with Gasteiger partial charge >= 0.3 is 5.97 Å². The van der Waals surface area contributed by atoms with Crippen molar-refractivity contribution in [3.8, 4) is 11.5 Å². The molecule has 0 saturated carbocycles. The first kappa shape index (κ1) is 17.9. The van der Waals surface area contributed by atoms with E-state index in [1.54, 1.807) is 48.5 Å². The summed E-state index contributed by atoms with van der Waals surface area (Å²) in [5.41, 5.74) is 1.07. The predicted molar refractivity (Wildman–Crippen MR) is 96.6 cm³/mol. The topological polar surface area (TPSA) is 73.9 Å². The Hall–Kier alpha value is -2.86. The molecule has 1 saturated heterocycles. The van der Waals surface area contributed by atoms with Gasteiger partial charge in [-0.15, -0.1) is 0 Å². The van der Waals surface area contributed by atoms with Crippen LogP contribution in [-0.2, 0) is 9.53 Å². The Morgan fingerprint density at radius 3 is 2.38 bits per heavy atom. The van der Waals surface area contributed by atoms with Gasteiger partial charge in [-0.3, -0.25) is 4.79 Å².